The Morgan fingerprint density at radius 1 is 1.43 bits per heavy atom. The summed E-state index contributed by atoms with van der Waals surface area (Å²) >= 11 is 1.95. The molecular formula is C4H14NPS. The topological polar surface area (TPSA) is 12.0 Å². The summed E-state index contributed by atoms with van der Waals surface area (Å²) in [7, 11) is 2.03. The van der Waals surface area contributed by atoms with Gasteiger partial charge in [0.25, 0.3) is 0 Å². The van der Waals surface area contributed by atoms with Gasteiger partial charge in [-0.2, -0.15) is 0 Å². The SMILES string of the molecule is CN[PH](C)(C)SC. The zero-order chi connectivity index (χ0) is 5.91. The molecule has 0 aromatic heterocycles. The van der Waals surface area contributed by atoms with Gasteiger partial charge in [-0.15, -0.1) is 0 Å². The fourth-order valence-corrected chi connectivity index (χ4v) is 0.919. The third-order valence-electron chi connectivity index (χ3n) is 1.11. The van der Waals surface area contributed by atoms with Crippen LogP contribution >= 0.6 is 18.0 Å². The molecule has 3 heteroatoms. The average molecular weight is 139 g/mol. The minimum atomic E-state index is -0.985. The molecular weight excluding hydrogens is 125 g/mol. The molecule has 0 atom stereocenters. The molecule has 0 amide bonds. The molecule has 0 aliphatic heterocycles. The molecule has 0 bridgehead atoms. The van der Waals surface area contributed by atoms with Crippen molar-refractivity contribution in [2.75, 3.05) is 26.6 Å². The summed E-state index contributed by atoms with van der Waals surface area (Å²) in [5.74, 6) is 0. The van der Waals surface area contributed by atoms with Crippen molar-refractivity contribution < 1.29 is 0 Å². The zero-order valence-electron chi connectivity index (χ0n) is 5.41. The van der Waals surface area contributed by atoms with Crippen molar-refractivity contribution in [1.29, 1.82) is 0 Å². The van der Waals surface area contributed by atoms with Gasteiger partial charge in [0.05, 0.1) is 0 Å². The Morgan fingerprint density at radius 2 is 1.86 bits per heavy atom. The second-order valence-corrected chi connectivity index (χ2v) is 10.2. The van der Waals surface area contributed by atoms with Crippen molar-refractivity contribution in [1.82, 2.24) is 5.09 Å². The molecule has 0 saturated heterocycles. The van der Waals surface area contributed by atoms with Crippen LogP contribution in [-0.2, 0) is 0 Å². The quantitative estimate of drug-likeness (QED) is 0.580. The van der Waals surface area contributed by atoms with E-state index in [1.807, 2.05) is 18.4 Å². The van der Waals surface area contributed by atoms with Gasteiger partial charge in [-0.25, -0.2) is 0 Å². The van der Waals surface area contributed by atoms with Gasteiger partial charge in [-0.1, -0.05) is 0 Å². The van der Waals surface area contributed by atoms with Gasteiger partial charge >= 0.3 is 49.7 Å². The van der Waals surface area contributed by atoms with Crippen LogP contribution in [0.25, 0.3) is 0 Å². The first kappa shape index (κ1) is 7.74. The van der Waals surface area contributed by atoms with Crippen LogP contribution in [0.5, 0.6) is 0 Å². The van der Waals surface area contributed by atoms with E-state index in [1.54, 1.807) is 0 Å². The molecule has 0 aliphatic rings. The molecule has 0 spiro atoms. The van der Waals surface area contributed by atoms with Crippen molar-refractivity contribution in [3.63, 3.8) is 0 Å². The van der Waals surface area contributed by atoms with Crippen LogP contribution < -0.4 is 5.09 Å². The molecule has 1 N–H and O–H groups in total. The zero-order valence-corrected chi connectivity index (χ0v) is 7.22. The summed E-state index contributed by atoms with van der Waals surface area (Å²) in [6.45, 7) is 3.59. The monoisotopic (exact) mass is 139 g/mol. The summed E-state index contributed by atoms with van der Waals surface area (Å²) in [6, 6.07) is 0. The Morgan fingerprint density at radius 3 is 1.86 bits per heavy atom. The second kappa shape index (κ2) is 2.91. The van der Waals surface area contributed by atoms with Crippen LogP contribution in [0.15, 0.2) is 0 Å². The standard InChI is InChI=1S/C4H14NPS/c1-5-6(2,3)7-4/h5-6H,1-4H3. The van der Waals surface area contributed by atoms with Crippen molar-refractivity contribution in [3.05, 3.63) is 0 Å². The Kier molecular flexibility index (Phi) is 3.21. The second-order valence-electron chi connectivity index (χ2n) is 1.96. The van der Waals surface area contributed by atoms with Crippen LogP contribution in [-0.4, -0.2) is 26.6 Å². The molecule has 0 aliphatic carbocycles. The molecule has 0 radical (unpaired) electrons. The number of hydrogen-bond donors (Lipinski definition) is 1. The van der Waals surface area contributed by atoms with E-state index in [9.17, 15) is 0 Å². The molecule has 0 aromatic carbocycles. The average Bonchev–Trinajstić information content (AvgIpc) is 1.68. The van der Waals surface area contributed by atoms with E-state index in [4.69, 9.17) is 0 Å². The van der Waals surface area contributed by atoms with Crippen LogP contribution in [0.2, 0.25) is 0 Å². The van der Waals surface area contributed by atoms with E-state index in [-0.39, 0.29) is 0 Å². The van der Waals surface area contributed by atoms with Crippen LogP contribution in [0.1, 0.15) is 0 Å². The van der Waals surface area contributed by atoms with Gasteiger partial charge in [0, 0.05) is 0 Å². The molecule has 0 rings (SSSR count). The first-order valence-electron chi connectivity index (χ1n) is 2.36. The number of rotatable bonds is 2. The molecule has 7 heavy (non-hydrogen) atoms. The van der Waals surface area contributed by atoms with E-state index in [2.05, 4.69) is 24.7 Å². The Balaban J connectivity index is 3.36. The van der Waals surface area contributed by atoms with Gasteiger partial charge < -0.3 is 0 Å². The molecule has 0 saturated carbocycles. The Hall–Kier alpha value is 0.740. The summed E-state index contributed by atoms with van der Waals surface area (Å²) in [4.78, 5) is 0. The van der Waals surface area contributed by atoms with Gasteiger partial charge in [0.2, 0.25) is 0 Å². The minimum absolute atomic E-state index is 0.985. The molecule has 0 unspecified atom stereocenters. The summed E-state index contributed by atoms with van der Waals surface area (Å²) < 4.78 is 0. The van der Waals surface area contributed by atoms with E-state index < -0.39 is 6.62 Å². The third kappa shape index (κ3) is 3.33. The maximum atomic E-state index is 3.29. The van der Waals surface area contributed by atoms with Gasteiger partial charge in [0.1, 0.15) is 0 Å². The van der Waals surface area contributed by atoms with Crippen molar-refractivity contribution >= 4 is 18.0 Å². The molecule has 46 valence electrons. The predicted octanol–water partition coefficient (Wildman–Crippen LogP) is 1.41. The van der Waals surface area contributed by atoms with Crippen molar-refractivity contribution in [2.45, 2.75) is 0 Å². The molecule has 1 nitrogen and oxygen atoms in total. The van der Waals surface area contributed by atoms with Crippen molar-refractivity contribution in [3.8, 4) is 0 Å². The van der Waals surface area contributed by atoms with Gasteiger partial charge in [0.15, 0.2) is 0 Å². The first-order valence-corrected chi connectivity index (χ1v) is 7.31. The van der Waals surface area contributed by atoms with E-state index in [0.717, 1.165) is 0 Å². The fraction of sp³-hybridized carbons (Fsp3) is 1.00. The first-order chi connectivity index (χ1) is 3.12. The van der Waals surface area contributed by atoms with E-state index in [1.165, 1.54) is 0 Å². The molecule has 0 aromatic rings. The fourth-order valence-electron chi connectivity index (χ4n) is 0.102. The summed E-state index contributed by atoms with van der Waals surface area (Å²) in [6.07, 6.45) is 2.16. The molecule has 0 heterocycles. The Labute approximate surface area is 50.4 Å². The number of nitrogens with one attached hydrogen (secondary N) is 1. The van der Waals surface area contributed by atoms with E-state index in [0.29, 0.717) is 0 Å². The summed E-state index contributed by atoms with van der Waals surface area (Å²) in [5.41, 5.74) is 0. The number of hydrogen-bond acceptors (Lipinski definition) is 2. The predicted molar refractivity (Wildman–Crippen MR) is 42.7 cm³/mol. The van der Waals surface area contributed by atoms with Crippen LogP contribution in [0.4, 0.5) is 0 Å². The van der Waals surface area contributed by atoms with Gasteiger partial charge in [-0.3, -0.25) is 0 Å². The van der Waals surface area contributed by atoms with E-state index >= 15 is 0 Å². The van der Waals surface area contributed by atoms with Crippen LogP contribution in [0.3, 0.4) is 0 Å². The summed E-state index contributed by atoms with van der Waals surface area (Å²) in [5, 5.41) is 3.29. The van der Waals surface area contributed by atoms with Crippen LogP contribution in [0, 0.1) is 0 Å². The normalized spacial score (nSPS) is 14.3. The van der Waals surface area contributed by atoms with Crippen molar-refractivity contribution in [2.24, 2.45) is 0 Å². The Bertz CT molecular complexity index is 49.7. The third-order valence-corrected chi connectivity index (χ3v) is 7.01. The maximum absolute atomic E-state index is 3.29. The molecule has 0 fully saturated rings. The van der Waals surface area contributed by atoms with Gasteiger partial charge in [-0.05, 0) is 0 Å².